The van der Waals surface area contributed by atoms with E-state index in [1.807, 2.05) is 6.92 Å². The normalized spacial score (nSPS) is 28.4. The highest BCUT2D eigenvalue weighted by atomic mass is 16.5. The highest BCUT2D eigenvalue weighted by molar-refractivity contribution is 6.27. The van der Waals surface area contributed by atoms with E-state index in [2.05, 4.69) is 10.9 Å². The number of benzene rings is 1. The fourth-order valence-corrected chi connectivity index (χ4v) is 2.32. The number of para-hydroxylation sites is 1. The standard InChI is InChI=1S/C14H14N2O3/c1-8-9(7-15-16-8)6-11-13(17)10-4-2-3-5-12(10)19-14(11)18/h2-6,8-9,15-16H,7H2,1H3/b11-6+. The molecule has 1 saturated heterocycles. The lowest BCUT2D eigenvalue weighted by Crippen LogP contribution is -2.29. The molecule has 0 radical (unpaired) electrons. The van der Waals surface area contributed by atoms with Gasteiger partial charge in [0.1, 0.15) is 11.3 Å². The third-order valence-corrected chi connectivity index (χ3v) is 3.49. The molecule has 0 bridgehead atoms. The van der Waals surface area contributed by atoms with Crippen LogP contribution in [-0.2, 0) is 4.79 Å². The van der Waals surface area contributed by atoms with E-state index in [9.17, 15) is 9.59 Å². The summed E-state index contributed by atoms with van der Waals surface area (Å²) < 4.78 is 5.19. The highest BCUT2D eigenvalue weighted by Gasteiger charge is 2.32. The van der Waals surface area contributed by atoms with Gasteiger partial charge in [-0.3, -0.25) is 15.6 Å². The molecular weight excluding hydrogens is 244 g/mol. The van der Waals surface area contributed by atoms with E-state index in [1.165, 1.54) is 0 Å². The maximum absolute atomic E-state index is 12.3. The number of nitrogens with one attached hydrogen (secondary N) is 2. The SMILES string of the molecule is CC1NNCC1/C=C1/C(=O)Oc2ccccc2C1=O. The first-order chi connectivity index (χ1) is 9.16. The van der Waals surface area contributed by atoms with Crippen LogP contribution in [-0.4, -0.2) is 24.3 Å². The summed E-state index contributed by atoms with van der Waals surface area (Å²) in [6, 6.07) is 6.97. The van der Waals surface area contributed by atoms with E-state index >= 15 is 0 Å². The second-order valence-corrected chi connectivity index (χ2v) is 4.77. The van der Waals surface area contributed by atoms with Crippen LogP contribution >= 0.6 is 0 Å². The van der Waals surface area contributed by atoms with Gasteiger partial charge in [-0.25, -0.2) is 4.79 Å². The Balaban J connectivity index is 1.97. The number of ether oxygens (including phenoxy) is 1. The molecule has 2 unspecified atom stereocenters. The maximum atomic E-state index is 12.3. The minimum absolute atomic E-state index is 0.0942. The Hall–Kier alpha value is -1.98. The molecular formula is C14H14N2O3. The third-order valence-electron chi connectivity index (χ3n) is 3.49. The Morgan fingerprint density at radius 3 is 2.84 bits per heavy atom. The van der Waals surface area contributed by atoms with Gasteiger partial charge < -0.3 is 4.74 Å². The van der Waals surface area contributed by atoms with Crippen molar-refractivity contribution in [2.45, 2.75) is 13.0 Å². The van der Waals surface area contributed by atoms with E-state index in [4.69, 9.17) is 4.74 Å². The molecule has 3 rings (SSSR count). The van der Waals surface area contributed by atoms with E-state index < -0.39 is 5.97 Å². The smallest absolute Gasteiger partial charge is 0.347 e. The highest BCUT2D eigenvalue weighted by Crippen LogP contribution is 2.28. The molecule has 5 heteroatoms. The summed E-state index contributed by atoms with van der Waals surface area (Å²) in [4.78, 5) is 24.2. The van der Waals surface area contributed by atoms with Gasteiger partial charge in [-0.15, -0.1) is 0 Å². The molecule has 0 amide bonds. The van der Waals surface area contributed by atoms with Crippen molar-refractivity contribution >= 4 is 11.8 Å². The molecule has 1 aromatic carbocycles. The van der Waals surface area contributed by atoms with Crippen molar-refractivity contribution < 1.29 is 14.3 Å². The number of carbonyl (C=O) groups excluding carboxylic acids is 2. The van der Waals surface area contributed by atoms with Crippen molar-refractivity contribution in [1.82, 2.24) is 10.9 Å². The van der Waals surface area contributed by atoms with Gasteiger partial charge >= 0.3 is 5.97 Å². The van der Waals surface area contributed by atoms with Crippen LogP contribution in [0.15, 0.2) is 35.9 Å². The van der Waals surface area contributed by atoms with Gasteiger partial charge in [0.2, 0.25) is 5.78 Å². The fraction of sp³-hybridized carbons (Fsp3) is 0.286. The first-order valence-electron chi connectivity index (χ1n) is 6.23. The van der Waals surface area contributed by atoms with Crippen LogP contribution in [0.4, 0.5) is 0 Å². The van der Waals surface area contributed by atoms with Crippen molar-refractivity contribution in [3.05, 3.63) is 41.5 Å². The summed E-state index contributed by atoms with van der Waals surface area (Å²) in [5.41, 5.74) is 6.62. The Morgan fingerprint density at radius 2 is 2.11 bits per heavy atom. The van der Waals surface area contributed by atoms with Crippen molar-refractivity contribution in [3.8, 4) is 5.75 Å². The van der Waals surface area contributed by atoms with Gasteiger partial charge in [0.15, 0.2) is 0 Å². The van der Waals surface area contributed by atoms with E-state index in [0.717, 1.165) is 0 Å². The van der Waals surface area contributed by atoms with E-state index in [1.54, 1.807) is 30.3 Å². The van der Waals surface area contributed by atoms with Crippen LogP contribution in [0.3, 0.4) is 0 Å². The number of esters is 1. The average Bonchev–Trinajstić information content (AvgIpc) is 2.80. The zero-order valence-corrected chi connectivity index (χ0v) is 10.5. The molecule has 1 fully saturated rings. The van der Waals surface area contributed by atoms with Crippen molar-refractivity contribution in [1.29, 1.82) is 0 Å². The number of rotatable bonds is 1. The molecule has 5 nitrogen and oxygen atoms in total. The van der Waals surface area contributed by atoms with Gasteiger partial charge in [0.05, 0.1) is 5.56 Å². The monoisotopic (exact) mass is 258 g/mol. The van der Waals surface area contributed by atoms with Crippen LogP contribution in [0.25, 0.3) is 0 Å². The summed E-state index contributed by atoms with van der Waals surface area (Å²) in [6.45, 7) is 2.68. The molecule has 2 atom stereocenters. The molecule has 0 aliphatic carbocycles. The molecule has 2 N–H and O–H groups in total. The van der Waals surface area contributed by atoms with Gasteiger partial charge in [0, 0.05) is 18.5 Å². The number of fused-ring (bicyclic) bond motifs is 1. The van der Waals surface area contributed by atoms with E-state index in [0.29, 0.717) is 17.9 Å². The molecule has 2 aliphatic rings. The molecule has 0 saturated carbocycles. The quantitative estimate of drug-likeness (QED) is 0.338. The second kappa shape index (κ2) is 4.60. The van der Waals surface area contributed by atoms with Crippen LogP contribution in [0.5, 0.6) is 5.75 Å². The lowest BCUT2D eigenvalue weighted by atomic mass is 9.94. The minimum Gasteiger partial charge on any atom is -0.422 e. The Labute approximate surface area is 110 Å². The summed E-state index contributed by atoms with van der Waals surface area (Å²) in [6.07, 6.45) is 1.71. The number of Topliss-reactive ketones (excluding diaryl/α,β-unsaturated/α-hetero) is 1. The van der Waals surface area contributed by atoms with Gasteiger partial charge in [0.25, 0.3) is 0 Å². The van der Waals surface area contributed by atoms with Crippen molar-refractivity contribution in [3.63, 3.8) is 0 Å². The summed E-state index contributed by atoms with van der Waals surface area (Å²) in [5.74, 6) is -0.393. The molecule has 2 aliphatic heterocycles. The predicted molar refractivity (Wildman–Crippen MR) is 68.6 cm³/mol. The molecule has 98 valence electrons. The lowest BCUT2D eigenvalue weighted by Gasteiger charge is -2.18. The topological polar surface area (TPSA) is 67.4 Å². The van der Waals surface area contributed by atoms with Crippen LogP contribution in [0, 0.1) is 5.92 Å². The first kappa shape index (κ1) is 12.1. The summed E-state index contributed by atoms with van der Waals surface area (Å²) >= 11 is 0. The van der Waals surface area contributed by atoms with Crippen LogP contribution in [0.1, 0.15) is 17.3 Å². The Morgan fingerprint density at radius 1 is 1.32 bits per heavy atom. The van der Waals surface area contributed by atoms with Gasteiger partial charge in [-0.2, -0.15) is 0 Å². The Bertz CT molecular complexity index is 580. The molecule has 2 heterocycles. The first-order valence-corrected chi connectivity index (χ1v) is 6.23. The Kier molecular flexibility index (Phi) is 2.93. The second-order valence-electron chi connectivity index (χ2n) is 4.77. The number of ketones is 1. The third kappa shape index (κ3) is 2.07. The van der Waals surface area contributed by atoms with E-state index in [-0.39, 0.29) is 23.3 Å². The number of hydrazine groups is 1. The largest absolute Gasteiger partial charge is 0.422 e. The molecule has 1 aromatic rings. The lowest BCUT2D eigenvalue weighted by molar-refractivity contribution is -0.130. The van der Waals surface area contributed by atoms with Crippen molar-refractivity contribution in [2.24, 2.45) is 5.92 Å². The predicted octanol–water partition coefficient (Wildman–Crippen LogP) is 0.827. The summed E-state index contributed by atoms with van der Waals surface area (Å²) in [5, 5.41) is 0. The molecule has 0 spiro atoms. The average molecular weight is 258 g/mol. The summed E-state index contributed by atoms with van der Waals surface area (Å²) in [7, 11) is 0. The van der Waals surface area contributed by atoms with Gasteiger partial charge in [-0.1, -0.05) is 18.2 Å². The van der Waals surface area contributed by atoms with Crippen LogP contribution < -0.4 is 15.6 Å². The van der Waals surface area contributed by atoms with Crippen molar-refractivity contribution in [2.75, 3.05) is 6.54 Å². The van der Waals surface area contributed by atoms with Gasteiger partial charge in [-0.05, 0) is 19.1 Å². The number of hydrogen-bond donors (Lipinski definition) is 2. The number of hydrogen-bond acceptors (Lipinski definition) is 5. The maximum Gasteiger partial charge on any atom is 0.347 e. The zero-order chi connectivity index (χ0) is 13.4. The minimum atomic E-state index is -0.567. The zero-order valence-electron chi connectivity index (χ0n) is 10.5. The van der Waals surface area contributed by atoms with Crippen LogP contribution in [0.2, 0.25) is 0 Å². The fourth-order valence-electron chi connectivity index (χ4n) is 2.32. The molecule has 19 heavy (non-hydrogen) atoms. The number of carbonyl (C=O) groups is 2. The molecule has 0 aromatic heterocycles.